The van der Waals surface area contributed by atoms with Crippen molar-refractivity contribution in [1.82, 2.24) is 9.80 Å². The molecule has 3 rings (SSSR count). The molecule has 2 amide bonds. The van der Waals surface area contributed by atoms with Gasteiger partial charge < -0.3 is 15.8 Å². The van der Waals surface area contributed by atoms with Crippen LogP contribution >= 0.6 is 11.3 Å². The second kappa shape index (κ2) is 8.98. The summed E-state index contributed by atoms with van der Waals surface area (Å²) >= 11 is 1.30. The molecule has 2 heterocycles. The molecule has 1 aromatic heterocycles. The van der Waals surface area contributed by atoms with Crippen molar-refractivity contribution in [2.45, 2.75) is 6.54 Å². The molecule has 0 bridgehead atoms. The third-order valence-corrected chi connectivity index (χ3v) is 5.41. The van der Waals surface area contributed by atoms with Crippen LogP contribution < -0.4 is 15.8 Å². The summed E-state index contributed by atoms with van der Waals surface area (Å²) in [4.78, 5) is 28.1. The lowest BCUT2D eigenvalue weighted by molar-refractivity contribution is -0.117. The molecular weight excluding hydrogens is 364 g/mol. The lowest BCUT2D eigenvalue weighted by atomic mass is 10.2. The number of hydrogen-bond acceptors (Lipinski definition) is 6. The van der Waals surface area contributed by atoms with E-state index in [0.717, 1.165) is 38.5 Å². The van der Waals surface area contributed by atoms with E-state index in [4.69, 9.17) is 10.5 Å². The third kappa shape index (κ3) is 5.29. The number of carbonyl (C=O) groups is 2. The number of piperazine rings is 1. The Balaban J connectivity index is 1.44. The van der Waals surface area contributed by atoms with Crippen molar-refractivity contribution >= 4 is 28.2 Å². The van der Waals surface area contributed by atoms with Crippen LogP contribution in [0.1, 0.15) is 15.9 Å². The number of anilines is 1. The summed E-state index contributed by atoms with van der Waals surface area (Å²) in [5.74, 6) is 0.210. The number of nitrogens with one attached hydrogen (secondary N) is 1. The van der Waals surface area contributed by atoms with E-state index in [0.29, 0.717) is 17.1 Å². The molecule has 1 aliphatic rings. The molecule has 0 saturated carbocycles. The highest BCUT2D eigenvalue weighted by Crippen LogP contribution is 2.22. The van der Waals surface area contributed by atoms with Gasteiger partial charge in [-0.2, -0.15) is 0 Å². The molecule has 0 radical (unpaired) electrons. The maximum atomic E-state index is 12.3. The second-order valence-corrected chi connectivity index (χ2v) is 7.39. The van der Waals surface area contributed by atoms with Gasteiger partial charge in [-0.25, -0.2) is 0 Å². The molecule has 0 spiro atoms. The molecule has 0 unspecified atom stereocenters. The van der Waals surface area contributed by atoms with E-state index in [9.17, 15) is 9.59 Å². The van der Waals surface area contributed by atoms with Crippen LogP contribution in [0.3, 0.4) is 0 Å². The summed E-state index contributed by atoms with van der Waals surface area (Å²) < 4.78 is 5.18. The van der Waals surface area contributed by atoms with E-state index in [-0.39, 0.29) is 5.91 Å². The number of nitrogens with zero attached hydrogens (tertiary/aromatic N) is 2. The van der Waals surface area contributed by atoms with Gasteiger partial charge in [0.1, 0.15) is 10.8 Å². The van der Waals surface area contributed by atoms with Crippen LogP contribution in [-0.2, 0) is 11.3 Å². The molecule has 1 saturated heterocycles. The molecule has 8 heteroatoms. The van der Waals surface area contributed by atoms with Crippen LogP contribution in [0.4, 0.5) is 5.00 Å². The minimum Gasteiger partial charge on any atom is -0.497 e. The number of carbonyl (C=O) groups excluding carboxylic acids is 2. The maximum Gasteiger partial charge on any atom is 0.251 e. The standard InChI is InChI=1S/C19H24N4O3S/c1-26-15-4-2-14(3-5-15)12-22-7-9-23(10-8-22)13-17(24)21-19-16(18(20)25)6-11-27-19/h2-6,11H,7-10,12-13H2,1H3,(H2,20,25)(H,21,24). The normalized spacial score (nSPS) is 15.4. The largest absolute Gasteiger partial charge is 0.497 e. The van der Waals surface area contributed by atoms with Crippen LogP contribution in [-0.4, -0.2) is 61.4 Å². The quantitative estimate of drug-likeness (QED) is 0.752. The fourth-order valence-corrected chi connectivity index (χ4v) is 3.87. The molecule has 1 aliphatic heterocycles. The molecule has 7 nitrogen and oxygen atoms in total. The van der Waals surface area contributed by atoms with Crippen LogP contribution in [0.25, 0.3) is 0 Å². The number of thiophene rings is 1. The topological polar surface area (TPSA) is 87.9 Å². The lowest BCUT2D eigenvalue weighted by Crippen LogP contribution is -2.48. The first-order valence-electron chi connectivity index (χ1n) is 8.80. The highest BCUT2D eigenvalue weighted by Gasteiger charge is 2.20. The Bertz CT molecular complexity index is 783. The van der Waals surface area contributed by atoms with Crippen LogP contribution in [0.5, 0.6) is 5.75 Å². The van der Waals surface area contributed by atoms with Crippen molar-refractivity contribution in [2.24, 2.45) is 5.73 Å². The van der Waals surface area contributed by atoms with Crippen molar-refractivity contribution in [2.75, 3.05) is 45.2 Å². The Hall–Kier alpha value is -2.42. The molecule has 1 aromatic carbocycles. The smallest absolute Gasteiger partial charge is 0.251 e. The van der Waals surface area contributed by atoms with Crippen molar-refractivity contribution in [1.29, 1.82) is 0 Å². The van der Waals surface area contributed by atoms with Gasteiger partial charge in [-0.3, -0.25) is 19.4 Å². The monoisotopic (exact) mass is 388 g/mol. The maximum absolute atomic E-state index is 12.3. The number of primary amides is 1. The van der Waals surface area contributed by atoms with Gasteiger partial charge in [-0.1, -0.05) is 12.1 Å². The minimum atomic E-state index is -0.529. The van der Waals surface area contributed by atoms with Crippen molar-refractivity contribution in [3.8, 4) is 5.75 Å². The molecule has 2 aromatic rings. The van der Waals surface area contributed by atoms with E-state index in [1.807, 2.05) is 12.1 Å². The van der Waals surface area contributed by atoms with Gasteiger partial charge in [0.2, 0.25) is 5.91 Å². The highest BCUT2D eigenvalue weighted by molar-refractivity contribution is 7.14. The number of ether oxygens (including phenoxy) is 1. The molecule has 27 heavy (non-hydrogen) atoms. The Morgan fingerprint density at radius 2 is 1.78 bits per heavy atom. The number of benzene rings is 1. The summed E-state index contributed by atoms with van der Waals surface area (Å²) in [5, 5.41) is 5.06. The van der Waals surface area contributed by atoms with Crippen molar-refractivity contribution < 1.29 is 14.3 Å². The molecule has 0 atom stereocenters. The molecule has 0 aliphatic carbocycles. The first-order valence-corrected chi connectivity index (χ1v) is 9.68. The summed E-state index contributed by atoms with van der Waals surface area (Å²) in [5.41, 5.74) is 6.91. The third-order valence-electron chi connectivity index (χ3n) is 4.58. The van der Waals surface area contributed by atoms with Gasteiger partial charge in [0, 0.05) is 32.7 Å². The molecule has 1 fully saturated rings. The number of methoxy groups -OCH3 is 1. The van der Waals surface area contributed by atoms with E-state index in [1.165, 1.54) is 16.9 Å². The van der Waals surface area contributed by atoms with Crippen molar-refractivity contribution in [3.05, 3.63) is 46.8 Å². The SMILES string of the molecule is COc1ccc(CN2CCN(CC(=O)Nc3sccc3C(N)=O)CC2)cc1. The van der Waals surface area contributed by atoms with Crippen molar-refractivity contribution in [3.63, 3.8) is 0 Å². The van der Waals surface area contributed by atoms with E-state index in [2.05, 4.69) is 27.2 Å². The Kier molecular flexibility index (Phi) is 6.44. The Morgan fingerprint density at radius 1 is 1.11 bits per heavy atom. The molecular formula is C19H24N4O3S. The van der Waals surface area contributed by atoms with Gasteiger partial charge in [-0.15, -0.1) is 11.3 Å². The fourth-order valence-electron chi connectivity index (χ4n) is 3.06. The Morgan fingerprint density at radius 3 is 2.41 bits per heavy atom. The summed E-state index contributed by atoms with van der Waals surface area (Å²) in [7, 11) is 1.66. The fraction of sp³-hybridized carbons (Fsp3) is 0.368. The minimum absolute atomic E-state index is 0.122. The van der Waals surface area contributed by atoms with Crippen LogP contribution in [0.15, 0.2) is 35.7 Å². The van der Waals surface area contributed by atoms with Gasteiger partial charge >= 0.3 is 0 Å². The first-order chi connectivity index (χ1) is 13.0. The summed E-state index contributed by atoms with van der Waals surface area (Å²) in [6, 6.07) is 9.73. The first kappa shape index (κ1) is 19.3. The average molecular weight is 388 g/mol. The van der Waals surface area contributed by atoms with Gasteiger partial charge in [0.05, 0.1) is 19.2 Å². The number of nitrogens with two attached hydrogens (primary N) is 1. The van der Waals surface area contributed by atoms with E-state index in [1.54, 1.807) is 18.6 Å². The summed E-state index contributed by atoms with van der Waals surface area (Å²) in [6.07, 6.45) is 0. The second-order valence-electron chi connectivity index (χ2n) is 6.48. The van der Waals surface area contributed by atoms with Gasteiger partial charge in [0.25, 0.3) is 5.91 Å². The zero-order valence-electron chi connectivity index (χ0n) is 15.3. The van der Waals surface area contributed by atoms with E-state index < -0.39 is 5.91 Å². The number of rotatable bonds is 7. The lowest BCUT2D eigenvalue weighted by Gasteiger charge is -2.34. The number of amides is 2. The van der Waals surface area contributed by atoms with Gasteiger partial charge in [0.15, 0.2) is 0 Å². The van der Waals surface area contributed by atoms with Crippen LogP contribution in [0, 0.1) is 0 Å². The molecule has 3 N–H and O–H groups in total. The zero-order valence-corrected chi connectivity index (χ0v) is 16.1. The molecule has 144 valence electrons. The summed E-state index contributed by atoms with van der Waals surface area (Å²) in [6.45, 7) is 4.68. The van der Waals surface area contributed by atoms with Crippen LogP contribution in [0.2, 0.25) is 0 Å². The predicted molar refractivity (Wildman–Crippen MR) is 106 cm³/mol. The Labute approximate surface area is 162 Å². The average Bonchev–Trinajstić information content (AvgIpc) is 3.12. The highest BCUT2D eigenvalue weighted by atomic mass is 32.1. The predicted octanol–water partition coefficient (Wildman–Crippen LogP) is 1.61. The van der Waals surface area contributed by atoms with E-state index >= 15 is 0 Å². The number of hydrogen-bond donors (Lipinski definition) is 2. The zero-order chi connectivity index (χ0) is 19.2. The van der Waals surface area contributed by atoms with Gasteiger partial charge in [-0.05, 0) is 29.1 Å².